The summed E-state index contributed by atoms with van der Waals surface area (Å²) in [6.07, 6.45) is 7.71. The Hall–Kier alpha value is -4.24. The summed E-state index contributed by atoms with van der Waals surface area (Å²) in [4.78, 5) is 13.0. The van der Waals surface area contributed by atoms with Crippen LogP contribution in [-0.2, 0) is 6.54 Å². The van der Waals surface area contributed by atoms with E-state index in [0.29, 0.717) is 6.54 Å². The predicted octanol–water partition coefficient (Wildman–Crippen LogP) is 6.83. The van der Waals surface area contributed by atoms with Gasteiger partial charge in [-0.3, -0.25) is 4.79 Å². The van der Waals surface area contributed by atoms with E-state index in [1.54, 1.807) is 13.2 Å². The first-order chi connectivity index (χ1) is 17.0. The first-order valence-electron chi connectivity index (χ1n) is 11.9. The van der Waals surface area contributed by atoms with Gasteiger partial charge in [0.25, 0.3) is 0 Å². The summed E-state index contributed by atoms with van der Waals surface area (Å²) in [6, 6.07) is 23.3. The second-order valence-corrected chi connectivity index (χ2v) is 9.27. The molecule has 0 saturated carbocycles. The lowest BCUT2D eigenvalue weighted by atomic mass is 9.83. The zero-order chi connectivity index (χ0) is 24.1. The molecule has 0 bridgehead atoms. The molecule has 0 fully saturated rings. The number of hydrogen-bond acceptors (Lipinski definition) is 2. The van der Waals surface area contributed by atoms with Crippen LogP contribution >= 0.6 is 0 Å². The van der Waals surface area contributed by atoms with Gasteiger partial charge >= 0.3 is 0 Å². The summed E-state index contributed by atoms with van der Waals surface area (Å²) in [5.74, 6) is 0.815. The van der Waals surface area contributed by atoms with E-state index in [0.717, 1.165) is 44.3 Å². The van der Waals surface area contributed by atoms with Crippen LogP contribution in [0.25, 0.3) is 38.7 Å². The minimum Gasteiger partial charge on any atom is -0.496 e. The predicted molar refractivity (Wildman–Crippen MR) is 142 cm³/mol. The minimum atomic E-state index is 0.0339. The van der Waals surface area contributed by atoms with Gasteiger partial charge in [-0.15, -0.1) is 0 Å². The lowest BCUT2D eigenvalue weighted by Gasteiger charge is -2.21. The number of allylic oxidation sites excluding steroid dienone is 1. The van der Waals surface area contributed by atoms with E-state index in [1.807, 2.05) is 36.4 Å². The van der Waals surface area contributed by atoms with Gasteiger partial charge in [0.2, 0.25) is 0 Å². The Labute approximate surface area is 204 Å². The van der Waals surface area contributed by atoms with E-state index in [9.17, 15) is 4.79 Å². The van der Waals surface area contributed by atoms with Crippen molar-refractivity contribution in [3.8, 4) is 16.9 Å². The number of benzene rings is 4. The second kappa shape index (κ2) is 8.21. The third kappa shape index (κ3) is 3.43. The summed E-state index contributed by atoms with van der Waals surface area (Å²) >= 11 is 0. The molecule has 0 unspecified atom stereocenters. The fourth-order valence-corrected chi connectivity index (χ4v) is 5.37. The van der Waals surface area contributed by atoms with E-state index < -0.39 is 0 Å². The van der Waals surface area contributed by atoms with Crippen LogP contribution in [0.15, 0.2) is 85.2 Å². The molecular weight excluding hydrogens is 430 g/mol. The SMILES string of the molecule is COc1ccc2c3c(cc(C[n+]4ccccc4)c(-c4ccc5c(C)ccc(C)c5c4)c13)C(=O)C=C2. The van der Waals surface area contributed by atoms with E-state index in [4.69, 9.17) is 4.74 Å². The van der Waals surface area contributed by atoms with Crippen LogP contribution in [-0.4, -0.2) is 12.9 Å². The van der Waals surface area contributed by atoms with Gasteiger partial charge in [-0.25, -0.2) is 4.57 Å². The summed E-state index contributed by atoms with van der Waals surface area (Å²) in [5.41, 5.74) is 7.63. The number of nitrogens with zero attached hydrogens (tertiary/aromatic N) is 1. The minimum absolute atomic E-state index is 0.0339. The highest BCUT2D eigenvalue weighted by Gasteiger charge is 2.25. The Balaban J connectivity index is 1.74. The summed E-state index contributed by atoms with van der Waals surface area (Å²) in [7, 11) is 1.70. The molecule has 1 aliphatic rings. The van der Waals surface area contributed by atoms with Gasteiger partial charge in [-0.1, -0.05) is 42.5 Å². The summed E-state index contributed by atoms with van der Waals surface area (Å²) in [6.45, 7) is 4.96. The highest BCUT2D eigenvalue weighted by molar-refractivity contribution is 6.23. The van der Waals surface area contributed by atoms with Crippen molar-refractivity contribution in [2.24, 2.45) is 0 Å². The molecule has 0 aliphatic heterocycles. The molecule has 170 valence electrons. The number of carbonyl (C=O) groups is 1. The third-order valence-electron chi connectivity index (χ3n) is 7.13. The van der Waals surface area contributed by atoms with E-state index in [-0.39, 0.29) is 5.78 Å². The van der Waals surface area contributed by atoms with E-state index >= 15 is 0 Å². The number of ketones is 1. The fourth-order valence-electron chi connectivity index (χ4n) is 5.37. The molecule has 1 heterocycles. The molecule has 6 rings (SSSR count). The molecule has 3 heteroatoms. The monoisotopic (exact) mass is 456 g/mol. The quantitative estimate of drug-likeness (QED) is 0.278. The molecule has 4 aromatic carbocycles. The Morgan fingerprint density at radius 3 is 2.34 bits per heavy atom. The van der Waals surface area contributed by atoms with Gasteiger partial charge in [0.05, 0.1) is 7.11 Å². The molecular formula is C32H26NO2+. The van der Waals surface area contributed by atoms with Crippen molar-refractivity contribution >= 4 is 33.4 Å². The van der Waals surface area contributed by atoms with Crippen molar-refractivity contribution < 1.29 is 14.1 Å². The number of pyridine rings is 1. The van der Waals surface area contributed by atoms with Crippen LogP contribution < -0.4 is 9.30 Å². The van der Waals surface area contributed by atoms with Gasteiger partial charge < -0.3 is 4.74 Å². The van der Waals surface area contributed by atoms with E-state index in [1.165, 1.54) is 21.9 Å². The number of fused-ring (bicyclic) bond motifs is 1. The molecule has 3 nitrogen and oxygen atoms in total. The first-order valence-corrected chi connectivity index (χ1v) is 11.9. The molecule has 0 atom stereocenters. The molecule has 1 aromatic heterocycles. The first kappa shape index (κ1) is 21.3. The summed E-state index contributed by atoms with van der Waals surface area (Å²) < 4.78 is 8.04. The zero-order valence-electron chi connectivity index (χ0n) is 20.1. The number of aromatic nitrogens is 1. The Morgan fingerprint density at radius 2 is 1.57 bits per heavy atom. The third-order valence-corrected chi connectivity index (χ3v) is 7.13. The average molecular weight is 457 g/mol. The molecule has 0 spiro atoms. The maximum Gasteiger partial charge on any atom is 0.186 e. The lowest BCUT2D eigenvalue weighted by Crippen LogP contribution is -2.33. The van der Waals surface area contributed by atoms with Crippen LogP contribution in [0.4, 0.5) is 0 Å². The van der Waals surface area contributed by atoms with Gasteiger partial charge in [-0.2, -0.15) is 0 Å². The van der Waals surface area contributed by atoms with Crippen LogP contribution in [0.3, 0.4) is 0 Å². The normalized spacial score (nSPS) is 12.5. The number of aryl methyl sites for hydroxylation is 2. The van der Waals surface area contributed by atoms with Crippen molar-refractivity contribution in [2.75, 3.05) is 7.11 Å². The fraction of sp³-hybridized carbons (Fsp3) is 0.125. The highest BCUT2D eigenvalue weighted by Crippen LogP contribution is 2.44. The second-order valence-electron chi connectivity index (χ2n) is 9.27. The van der Waals surface area contributed by atoms with Crippen molar-refractivity contribution in [3.05, 3.63) is 113 Å². The average Bonchev–Trinajstić information content (AvgIpc) is 2.89. The topological polar surface area (TPSA) is 30.2 Å². The number of methoxy groups -OCH3 is 1. The van der Waals surface area contributed by atoms with Crippen LogP contribution in [0.1, 0.15) is 32.6 Å². The number of hydrogen-bond donors (Lipinski definition) is 0. The molecule has 0 N–H and O–H groups in total. The van der Waals surface area contributed by atoms with Crippen molar-refractivity contribution in [2.45, 2.75) is 20.4 Å². The number of carbonyl (C=O) groups excluding carboxylic acids is 1. The van der Waals surface area contributed by atoms with Gasteiger partial charge in [-0.05, 0) is 71.1 Å². The Morgan fingerprint density at radius 1 is 0.800 bits per heavy atom. The number of rotatable bonds is 4. The largest absolute Gasteiger partial charge is 0.496 e. The highest BCUT2D eigenvalue weighted by atomic mass is 16.5. The van der Waals surface area contributed by atoms with Crippen LogP contribution in [0.5, 0.6) is 5.75 Å². The maximum absolute atomic E-state index is 13.0. The van der Waals surface area contributed by atoms with Crippen LogP contribution in [0.2, 0.25) is 0 Å². The standard InChI is InChI=1S/C32H26NO2/c1-20-7-8-21(2)26-17-23(9-12-25(20)26)30-24(19-33-15-5-4-6-16-33)18-27-28(34)13-10-22-11-14-29(35-3)32(30)31(22)27/h4-18H,19H2,1-3H3/q+1. The Bertz CT molecular complexity index is 1680. The van der Waals surface area contributed by atoms with Crippen LogP contribution in [0, 0.1) is 13.8 Å². The van der Waals surface area contributed by atoms with Gasteiger partial charge in [0.15, 0.2) is 24.7 Å². The maximum atomic E-state index is 13.0. The molecule has 1 aliphatic carbocycles. The molecule has 35 heavy (non-hydrogen) atoms. The number of ether oxygens (including phenoxy) is 1. The molecule has 0 saturated heterocycles. The van der Waals surface area contributed by atoms with Gasteiger partial charge in [0, 0.05) is 39.6 Å². The van der Waals surface area contributed by atoms with E-state index in [2.05, 4.69) is 67.2 Å². The van der Waals surface area contributed by atoms with Crippen molar-refractivity contribution in [1.29, 1.82) is 0 Å². The Kier molecular flexibility index (Phi) is 5.00. The molecule has 0 amide bonds. The van der Waals surface area contributed by atoms with Crippen molar-refractivity contribution in [1.82, 2.24) is 0 Å². The van der Waals surface area contributed by atoms with Crippen molar-refractivity contribution in [3.63, 3.8) is 0 Å². The molecule has 0 radical (unpaired) electrons. The lowest BCUT2D eigenvalue weighted by molar-refractivity contribution is -0.688. The summed E-state index contributed by atoms with van der Waals surface area (Å²) in [5, 5.41) is 4.47. The zero-order valence-corrected chi connectivity index (χ0v) is 20.1. The molecule has 5 aromatic rings. The van der Waals surface area contributed by atoms with Gasteiger partial charge in [0.1, 0.15) is 5.75 Å². The smallest absolute Gasteiger partial charge is 0.186 e.